The monoisotopic (exact) mass is 280 g/mol. The summed E-state index contributed by atoms with van der Waals surface area (Å²) in [6, 6.07) is 11.5. The van der Waals surface area contributed by atoms with Gasteiger partial charge in [0.25, 0.3) is 5.91 Å². The van der Waals surface area contributed by atoms with Crippen LogP contribution in [0.2, 0.25) is 0 Å². The van der Waals surface area contributed by atoms with Crippen molar-refractivity contribution in [1.29, 1.82) is 0 Å². The Morgan fingerprint density at radius 1 is 1.24 bits per heavy atom. The lowest BCUT2D eigenvalue weighted by atomic mass is 10.0. The fraction of sp³-hybridized carbons (Fsp3) is 0.176. The molecule has 0 saturated heterocycles. The van der Waals surface area contributed by atoms with Crippen LogP contribution in [-0.2, 0) is 11.2 Å². The minimum Gasteiger partial charge on any atom is -0.464 e. The van der Waals surface area contributed by atoms with Gasteiger partial charge in [0.2, 0.25) is 0 Å². The quantitative estimate of drug-likeness (QED) is 0.919. The average molecular weight is 280 g/mol. The molecule has 0 bridgehead atoms. The molecule has 0 fully saturated rings. The lowest BCUT2D eigenvalue weighted by molar-refractivity contribution is -0.113. The molecule has 0 atom stereocenters. The summed E-state index contributed by atoms with van der Waals surface area (Å²) < 4.78 is 5.50. The summed E-state index contributed by atoms with van der Waals surface area (Å²) in [7, 11) is 0. The molecule has 1 aromatic heterocycles. The standard InChI is InChI=1S/C17H16N2O2/c1-11-7-12(2)18-16(8-11)19-17(20)14-9-13-5-3-4-6-15(13)21-10-14/h3-8,10H,9H2,1-2H3,(H,18,19,20). The van der Waals surface area contributed by atoms with E-state index in [4.69, 9.17) is 4.74 Å². The third-order valence-corrected chi connectivity index (χ3v) is 3.31. The molecule has 2 heterocycles. The topological polar surface area (TPSA) is 51.2 Å². The first-order valence-electron chi connectivity index (χ1n) is 6.82. The smallest absolute Gasteiger partial charge is 0.256 e. The molecule has 1 aliphatic heterocycles. The Bertz CT molecular complexity index is 715. The molecule has 4 nitrogen and oxygen atoms in total. The molecule has 2 aromatic rings. The van der Waals surface area contributed by atoms with E-state index in [0.717, 1.165) is 22.6 Å². The summed E-state index contributed by atoms with van der Waals surface area (Å²) in [6.07, 6.45) is 2.08. The van der Waals surface area contributed by atoms with Gasteiger partial charge < -0.3 is 10.1 Å². The second kappa shape index (κ2) is 5.40. The van der Waals surface area contributed by atoms with Crippen molar-refractivity contribution in [2.45, 2.75) is 20.3 Å². The maximum absolute atomic E-state index is 12.3. The number of aryl methyl sites for hydroxylation is 2. The Balaban J connectivity index is 1.76. The van der Waals surface area contributed by atoms with Gasteiger partial charge in [-0.05, 0) is 43.2 Å². The fourth-order valence-electron chi connectivity index (χ4n) is 2.38. The van der Waals surface area contributed by atoms with Crippen molar-refractivity contribution in [2.24, 2.45) is 0 Å². The van der Waals surface area contributed by atoms with E-state index in [1.54, 1.807) is 0 Å². The molecule has 1 aliphatic rings. The van der Waals surface area contributed by atoms with Gasteiger partial charge in [0, 0.05) is 12.1 Å². The van der Waals surface area contributed by atoms with Crippen LogP contribution >= 0.6 is 0 Å². The van der Waals surface area contributed by atoms with Crippen LogP contribution in [0.5, 0.6) is 5.75 Å². The maximum atomic E-state index is 12.3. The molecule has 1 N–H and O–H groups in total. The van der Waals surface area contributed by atoms with Gasteiger partial charge in [-0.1, -0.05) is 18.2 Å². The highest BCUT2D eigenvalue weighted by atomic mass is 16.5. The van der Waals surface area contributed by atoms with E-state index in [2.05, 4.69) is 10.3 Å². The number of hydrogen-bond donors (Lipinski definition) is 1. The van der Waals surface area contributed by atoms with Crippen LogP contribution in [0.15, 0.2) is 48.2 Å². The number of fused-ring (bicyclic) bond motifs is 1. The maximum Gasteiger partial charge on any atom is 0.256 e. The predicted molar refractivity (Wildman–Crippen MR) is 81.2 cm³/mol. The average Bonchev–Trinajstić information content (AvgIpc) is 2.45. The minimum absolute atomic E-state index is 0.179. The Labute approximate surface area is 123 Å². The van der Waals surface area contributed by atoms with Gasteiger partial charge in [-0.25, -0.2) is 4.98 Å². The van der Waals surface area contributed by atoms with E-state index in [-0.39, 0.29) is 5.91 Å². The lowest BCUT2D eigenvalue weighted by Gasteiger charge is -2.16. The van der Waals surface area contributed by atoms with Crippen molar-refractivity contribution < 1.29 is 9.53 Å². The molecule has 21 heavy (non-hydrogen) atoms. The summed E-state index contributed by atoms with van der Waals surface area (Å²) in [4.78, 5) is 16.6. The van der Waals surface area contributed by atoms with Crippen LogP contribution in [0.3, 0.4) is 0 Å². The van der Waals surface area contributed by atoms with Crippen LogP contribution < -0.4 is 10.1 Å². The molecule has 1 aromatic carbocycles. The lowest BCUT2D eigenvalue weighted by Crippen LogP contribution is -2.19. The predicted octanol–water partition coefficient (Wildman–Crippen LogP) is 3.16. The number of anilines is 1. The Morgan fingerprint density at radius 3 is 2.86 bits per heavy atom. The van der Waals surface area contributed by atoms with Crippen molar-refractivity contribution in [3.63, 3.8) is 0 Å². The number of rotatable bonds is 2. The highest BCUT2D eigenvalue weighted by Crippen LogP contribution is 2.26. The second-order valence-electron chi connectivity index (χ2n) is 5.17. The first-order valence-corrected chi connectivity index (χ1v) is 6.82. The van der Waals surface area contributed by atoms with Gasteiger partial charge >= 0.3 is 0 Å². The summed E-state index contributed by atoms with van der Waals surface area (Å²) in [6.45, 7) is 3.88. The molecular formula is C17H16N2O2. The molecule has 3 rings (SSSR count). The van der Waals surface area contributed by atoms with Gasteiger partial charge in [-0.15, -0.1) is 0 Å². The number of pyridine rings is 1. The van der Waals surface area contributed by atoms with Gasteiger partial charge in [0.1, 0.15) is 17.8 Å². The van der Waals surface area contributed by atoms with Crippen molar-refractivity contribution in [2.75, 3.05) is 5.32 Å². The van der Waals surface area contributed by atoms with Crippen molar-refractivity contribution >= 4 is 11.7 Å². The fourth-order valence-corrected chi connectivity index (χ4v) is 2.38. The molecule has 0 spiro atoms. The number of nitrogens with one attached hydrogen (secondary N) is 1. The van der Waals surface area contributed by atoms with Gasteiger partial charge in [-0.2, -0.15) is 0 Å². The number of amides is 1. The summed E-state index contributed by atoms with van der Waals surface area (Å²) >= 11 is 0. The Hall–Kier alpha value is -2.62. The van der Waals surface area contributed by atoms with Crippen LogP contribution in [0.4, 0.5) is 5.82 Å². The third-order valence-electron chi connectivity index (χ3n) is 3.31. The van der Waals surface area contributed by atoms with E-state index in [1.807, 2.05) is 50.2 Å². The molecule has 0 radical (unpaired) electrons. The van der Waals surface area contributed by atoms with E-state index in [1.165, 1.54) is 6.26 Å². The van der Waals surface area contributed by atoms with Crippen LogP contribution in [0, 0.1) is 13.8 Å². The Kier molecular flexibility index (Phi) is 3.44. The number of benzene rings is 1. The van der Waals surface area contributed by atoms with E-state index in [9.17, 15) is 4.79 Å². The summed E-state index contributed by atoms with van der Waals surface area (Å²) in [5.74, 6) is 1.19. The van der Waals surface area contributed by atoms with Gasteiger partial charge in [-0.3, -0.25) is 4.79 Å². The summed E-state index contributed by atoms with van der Waals surface area (Å²) in [5, 5.41) is 2.83. The van der Waals surface area contributed by atoms with E-state index in [0.29, 0.717) is 17.8 Å². The van der Waals surface area contributed by atoms with Crippen LogP contribution in [0.25, 0.3) is 0 Å². The molecule has 1 amide bonds. The molecular weight excluding hydrogens is 264 g/mol. The van der Waals surface area contributed by atoms with Crippen molar-refractivity contribution in [3.8, 4) is 5.75 Å². The van der Waals surface area contributed by atoms with Crippen molar-refractivity contribution in [1.82, 2.24) is 4.98 Å². The highest BCUT2D eigenvalue weighted by molar-refractivity contribution is 6.03. The first kappa shape index (κ1) is 13.4. The molecule has 4 heteroatoms. The molecule has 106 valence electrons. The van der Waals surface area contributed by atoms with Gasteiger partial charge in [0.15, 0.2) is 0 Å². The Morgan fingerprint density at radius 2 is 2.05 bits per heavy atom. The van der Waals surface area contributed by atoms with Gasteiger partial charge in [0.05, 0.1) is 5.57 Å². The number of aromatic nitrogens is 1. The van der Waals surface area contributed by atoms with Crippen LogP contribution in [-0.4, -0.2) is 10.9 Å². The molecule has 0 aliphatic carbocycles. The largest absolute Gasteiger partial charge is 0.464 e. The third kappa shape index (κ3) is 2.94. The number of para-hydroxylation sites is 1. The second-order valence-corrected chi connectivity index (χ2v) is 5.17. The number of ether oxygens (including phenoxy) is 1. The van der Waals surface area contributed by atoms with E-state index >= 15 is 0 Å². The number of carbonyl (C=O) groups is 1. The zero-order valence-corrected chi connectivity index (χ0v) is 12.0. The SMILES string of the molecule is Cc1cc(C)nc(NC(=O)C2=COc3ccccc3C2)c1. The van der Waals surface area contributed by atoms with E-state index < -0.39 is 0 Å². The number of nitrogens with zero attached hydrogens (tertiary/aromatic N) is 1. The number of hydrogen-bond acceptors (Lipinski definition) is 3. The van der Waals surface area contributed by atoms with Crippen LogP contribution in [0.1, 0.15) is 16.8 Å². The zero-order valence-electron chi connectivity index (χ0n) is 12.0. The zero-order chi connectivity index (χ0) is 14.8. The summed E-state index contributed by atoms with van der Waals surface area (Å²) in [5.41, 5.74) is 3.55. The number of carbonyl (C=O) groups excluding carboxylic acids is 1. The molecule has 0 saturated carbocycles. The molecule has 0 unspecified atom stereocenters. The highest BCUT2D eigenvalue weighted by Gasteiger charge is 2.18. The first-order chi connectivity index (χ1) is 10.1. The minimum atomic E-state index is -0.179. The normalized spacial score (nSPS) is 13.0. The van der Waals surface area contributed by atoms with Crippen molar-refractivity contribution in [3.05, 3.63) is 65.1 Å².